The molecule has 1 heterocycles. The molecule has 0 aliphatic carbocycles. The molecule has 3 unspecified atom stereocenters. The number of carbonyl (C=O) groups is 1. The highest BCUT2D eigenvalue weighted by atomic mass is 35.5. The summed E-state index contributed by atoms with van der Waals surface area (Å²) in [4.78, 5) is 11.4. The number of piperidine rings is 1. The predicted molar refractivity (Wildman–Crippen MR) is 97.1 cm³/mol. The molecule has 1 saturated heterocycles. The smallest absolute Gasteiger partial charge is 0.350 e. The lowest BCUT2D eigenvalue weighted by Crippen LogP contribution is -2.55. The molecule has 0 bridgehead atoms. The van der Waals surface area contributed by atoms with E-state index in [2.05, 4.69) is 10.6 Å². The molecule has 1 fully saturated rings. The summed E-state index contributed by atoms with van der Waals surface area (Å²) >= 11 is 0. The van der Waals surface area contributed by atoms with Gasteiger partial charge in [0.25, 0.3) is 0 Å². The zero-order valence-corrected chi connectivity index (χ0v) is 16.5. The van der Waals surface area contributed by atoms with Crippen molar-refractivity contribution in [2.75, 3.05) is 6.54 Å². The summed E-state index contributed by atoms with van der Waals surface area (Å²) in [5.41, 5.74) is -1.27. The van der Waals surface area contributed by atoms with Gasteiger partial charge in [0.1, 0.15) is 0 Å². The number of amides is 1. The van der Waals surface area contributed by atoms with Gasteiger partial charge in [0.15, 0.2) is 0 Å². The molecule has 6 nitrogen and oxygen atoms in total. The topological polar surface area (TPSA) is 87.3 Å². The zero-order valence-electron chi connectivity index (χ0n) is 14.8. The van der Waals surface area contributed by atoms with E-state index < -0.39 is 38.6 Å². The van der Waals surface area contributed by atoms with Crippen molar-refractivity contribution in [3.05, 3.63) is 29.8 Å². The number of halogens is 4. The molecular formula is C16H23ClF3N3O3S. The van der Waals surface area contributed by atoms with Crippen LogP contribution in [0, 0.1) is 0 Å². The number of sulfonamides is 1. The minimum atomic E-state index is -4.82. The lowest BCUT2D eigenvalue weighted by molar-refractivity contribution is -0.139. The molecule has 1 aliphatic rings. The second-order valence-electron chi connectivity index (χ2n) is 6.34. The molecule has 0 saturated carbocycles. The number of carbonyl (C=O) groups excluding carboxylic acids is 1. The summed E-state index contributed by atoms with van der Waals surface area (Å²) in [5, 5.41) is 5.93. The van der Waals surface area contributed by atoms with Crippen molar-refractivity contribution in [1.82, 2.24) is 15.4 Å². The number of hydrogen-bond donors (Lipinski definition) is 3. The molecule has 11 heteroatoms. The van der Waals surface area contributed by atoms with Crippen molar-refractivity contribution in [3.8, 4) is 0 Å². The molecule has 1 aromatic rings. The fourth-order valence-electron chi connectivity index (χ4n) is 2.83. The van der Waals surface area contributed by atoms with Crippen LogP contribution in [0.1, 0.15) is 32.3 Å². The van der Waals surface area contributed by atoms with E-state index in [1.165, 1.54) is 13.0 Å². The second-order valence-corrected chi connectivity index (χ2v) is 8.02. The highest BCUT2D eigenvalue weighted by Gasteiger charge is 2.37. The summed E-state index contributed by atoms with van der Waals surface area (Å²) in [7, 11) is -4.52. The molecular weight excluding hydrogens is 407 g/mol. The number of hydrogen-bond acceptors (Lipinski definition) is 4. The molecule has 0 radical (unpaired) electrons. The van der Waals surface area contributed by atoms with Gasteiger partial charge in [0, 0.05) is 12.1 Å². The largest absolute Gasteiger partial charge is 0.417 e. The Hall–Kier alpha value is -1.36. The number of rotatable bonds is 5. The minimum absolute atomic E-state index is 0. The highest BCUT2D eigenvalue weighted by molar-refractivity contribution is 7.89. The normalized spacial score (nSPS) is 21.8. The van der Waals surface area contributed by atoms with Crippen LogP contribution >= 0.6 is 12.4 Å². The number of alkyl halides is 3. The van der Waals surface area contributed by atoms with Gasteiger partial charge >= 0.3 is 6.18 Å². The second kappa shape index (κ2) is 9.22. The fourth-order valence-corrected chi connectivity index (χ4v) is 4.26. The van der Waals surface area contributed by atoms with E-state index in [4.69, 9.17) is 0 Å². The van der Waals surface area contributed by atoms with Gasteiger partial charge in [0.05, 0.1) is 16.5 Å². The summed E-state index contributed by atoms with van der Waals surface area (Å²) in [6.07, 6.45) is -3.20. The van der Waals surface area contributed by atoms with E-state index in [0.29, 0.717) is 6.07 Å². The van der Waals surface area contributed by atoms with Crippen LogP contribution in [0.4, 0.5) is 13.2 Å². The third-order valence-corrected chi connectivity index (χ3v) is 5.90. The maximum absolute atomic E-state index is 13.0. The maximum Gasteiger partial charge on any atom is 0.417 e. The van der Waals surface area contributed by atoms with Crippen LogP contribution in [0.15, 0.2) is 29.2 Å². The van der Waals surface area contributed by atoms with Crippen molar-refractivity contribution in [3.63, 3.8) is 0 Å². The molecule has 3 N–H and O–H groups in total. The van der Waals surface area contributed by atoms with Crippen molar-refractivity contribution >= 4 is 28.3 Å². The summed E-state index contributed by atoms with van der Waals surface area (Å²) in [6.45, 7) is 4.03. The van der Waals surface area contributed by atoms with Gasteiger partial charge in [-0.3, -0.25) is 4.79 Å². The monoisotopic (exact) mass is 429 g/mol. The molecule has 0 spiro atoms. The first kappa shape index (κ1) is 23.7. The molecule has 2 rings (SSSR count). The Morgan fingerprint density at radius 3 is 2.52 bits per heavy atom. The molecule has 3 atom stereocenters. The molecule has 1 aromatic carbocycles. The van der Waals surface area contributed by atoms with Gasteiger partial charge in [-0.25, -0.2) is 8.42 Å². The van der Waals surface area contributed by atoms with Crippen LogP contribution in [0.5, 0.6) is 0 Å². The Bertz CT molecular complexity index is 759. The molecule has 154 valence electrons. The lowest BCUT2D eigenvalue weighted by atomic mass is 9.99. The lowest BCUT2D eigenvalue weighted by Gasteiger charge is -2.31. The van der Waals surface area contributed by atoms with Crippen LogP contribution in [-0.4, -0.2) is 39.0 Å². The van der Waals surface area contributed by atoms with Crippen molar-refractivity contribution in [2.24, 2.45) is 0 Å². The van der Waals surface area contributed by atoms with Gasteiger partial charge in [-0.2, -0.15) is 17.9 Å². The Morgan fingerprint density at radius 2 is 1.93 bits per heavy atom. The van der Waals surface area contributed by atoms with Crippen LogP contribution < -0.4 is 15.4 Å². The Kier molecular flexibility index (Phi) is 8.09. The summed E-state index contributed by atoms with van der Waals surface area (Å²) in [6, 6.07) is 2.51. The third kappa shape index (κ3) is 6.06. The quantitative estimate of drug-likeness (QED) is 0.668. The molecule has 1 amide bonds. The Labute approximate surface area is 162 Å². The van der Waals surface area contributed by atoms with E-state index in [0.717, 1.165) is 31.5 Å². The van der Waals surface area contributed by atoms with E-state index in [1.807, 2.05) is 11.6 Å². The Balaban J connectivity index is 0.00000364. The van der Waals surface area contributed by atoms with Crippen molar-refractivity contribution in [1.29, 1.82) is 0 Å². The van der Waals surface area contributed by atoms with E-state index >= 15 is 0 Å². The number of benzene rings is 1. The summed E-state index contributed by atoms with van der Waals surface area (Å²) in [5.74, 6) is -0.585. The van der Waals surface area contributed by atoms with Gasteiger partial charge < -0.3 is 10.6 Å². The van der Waals surface area contributed by atoms with E-state index in [1.54, 1.807) is 0 Å². The average Bonchev–Trinajstić information content (AvgIpc) is 2.55. The van der Waals surface area contributed by atoms with E-state index in [-0.39, 0.29) is 24.5 Å². The van der Waals surface area contributed by atoms with Crippen LogP contribution in [0.3, 0.4) is 0 Å². The highest BCUT2D eigenvalue weighted by Crippen LogP contribution is 2.33. The zero-order chi connectivity index (χ0) is 19.5. The fraction of sp³-hybridized carbons (Fsp3) is 0.562. The van der Waals surface area contributed by atoms with Crippen molar-refractivity contribution in [2.45, 2.75) is 55.9 Å². The summed E-state index contributed by atoms with van der Waals surface area (Å²) < 4.78 is 65.9. The first-order valence-corrected chi connectivity index (χ1v) is 9.73. The van der Waals surface area contributed by atoms with Gasteiger partial charge in [-0.05, 0) is 45.4 Å². The first-order chi connectivity index (χ1) is 12.0. The molecule has 1 aliphatic heterocycles. The molecule has 27 heavy (non-hydrogen) atoms. The number of nitrogens with one attached hydrogen (secondary N) is 3. The standard InChI is InChI=1S/C16H22F3N3O3S.ClH/c1-10-13(7-5-9-20-10)21-15(23)11(2)22-26(24,25)14-8-4-3-6-12(14)16(17,18)19;/h3-4,6,8,10-11,13,20,22H,5,7,9H2,1-2H3,(H,21,23);1H. The van der Waals surface area contributed by atoms with Crippen molar-refractivity contribution < 1.29 is 26.4 Å². The predicted octanol–water partition coefficient (Wildman–Crippen LogP) is 2.05. The Morgan fingerprint density at radius 1 is 1.30 bits per heavy atom. The van der Waals surface area contributed by atoms with E-state index in [9.17, 15) is 26.4 Å². The SMILES string of the molecule is CC(NS(=O)(=O)c1ccccc1C(F)(F)F)C(=O)NC1CCCNC1C.Cl. The van der Waals surface area contributed by atoms with Gasteiger partial charge in [0.2, 0.25) is 15.9 Å². The van der Waals surface area contributed by atoms with Gasteiger partial charge in [-0.1, -0.05) is 12.1 Å². The maximum atomic E-state index is 13.0. The van der Waals surface area contributed by atoms with Crippen LogP contribution in [-0.2, 0) is 21.0 Å². The van der Waals surface area contributed by atoms with Crippen LogP contribution in [0.2, 0.25) is 0 Å². The van der Waals surface area contributed by atoms with Crippen LogP contribution in [0.25, 0.3) is 0 Å². The molecule has 0 aromatic heterocycles. The van der Waals surface area contributed by atoms with Gasteiger partial charge in [-0.15, -0.1) is 12.4 Å². The first-order valence-electron chi connectivity index (χ1n) is 8.24. The third-order valence-electron chi connectivity index (χ3n) is 4.30. The average molecular weight is 430 g/mol. The minimum Gasteiger partial charge on any atom is -0.350 e.